The standard InChI is InChI=1S/C17H17ClN2O3S/c1-12-4-6-13(7-5-12)10-24-11-16(22)23-9-15(21)20-14-3-2-8-19-17(14)18/h2-8H,9-11H2,1H3,(H,20,21). The molecule has 0 fully saturated rings. The predicted molar refractivity (Wildman–Crippen MR) is 96.2 cm³/mol. The number of thioether (sulfide) groups is 1. The van der Waals surface area contributed by atoms with Gasteiger partial charge in [0.1, 0.15) is 0 Å². The number of rotatable bonds is 7. The fraction of sp³-hybridized carbons (Fsp3) is 0.235. The molecule has 0 spiro atoms. The number of amides is 1. The van der Waals surface area contributed by atoms with Crippen LogP contribution in [-0.2, 0) is 20.1 Å². The molecule has 1 aromatic heterocycles. The van der Waals surface area contributed by atoms with E-state index in [2.05, 4.69) is 10.3 Å². The molecule has 1 amide bonds. The van der Waals surface area contributed by atoms with Gasteiger partial charge in [0.25, 0.3) is 5.91 Å². The number of carbonyl (C=O) groups is 2. The zero-order valence-electron chi connectivity index (χ0n) is 13.1. The highest BCUT2D eigenvalue weighted by Crippen LogP contribution is 2.17. The number of nitrogens with one attached hydrogen (secondary N) is 1. The summed E-state index contributed by atoms with van der Waals surface area (Å²) in [7, 11) is 0. The molecular formula is C17H17ClN2O3S. The summed E-state index contributed by atoms with van der Waals surface area (Å²) >= 11 is 7.27. The van der Waals surface area contributed by atoms with Crippen LogP contribution < -0.4 is 5.32 Å². The third-order valence-corrected chi connectivity index (χ3v) is 4.29. The molecule has 1 N–H and O–H groups in total. The lowest BCUT2D eigenvalue weighted by atomic mass is 10.2. The Bertz CT molecular complexity index is 707. The second kappa shape index (κ2) is 9.30. The first-order valence-electron chi connectivity index (χ1n) is 7.24. The third kappa shape index (κ3) is 6.22. The van der Waals surface area contributed by atoms with Crippen molar-refractivity contribution >= 4 is 40.9 Å². The summed E-state index contributed by atoms with van der Waals surface area (Å²) in [6.45, 7) is 1.67. The summed E-state index contributed by atoms with van der Waals surface area (Å²) in [6, 6.07) is 11.4. The molecule has 126 valence electrons. The summed E-state index contributed by atoms with van der Waals surface area (Å²) < 4.78 is 4.94. The number of pyridine rings is 1. The maximum atomic E-state index is 11.7. The third-order valence-electron chi connectivity index (χ3n) is 3.01. The number of esters is 1. The maximum absolute atomic E-state index is 11.7. The first-order chi connectivity index (χ1) is 11.5. The zero-order valence-corrected chi connectivity index (χ0v) is 14.7. The van der Waals surface area contributed by atoms with E-state index in [1.165, 1.54) is 23.5 Å². The molecule has 24 heavy (non-hydrogen) atoms. The normalized spacial score (nSPS) is 10.2. The van der Waals surface area contributed by atoms with E-state index in [4.69, 9.17) is 16.3 Å². The molecule has 1 heterocycles. The van der Waals surface area contributed by atoms with E-state index >= 15 is 0 Å². The van der Waals surface area contributed by atoms with Crippen molar-refractivity contribution in [3.8, 4) is 0 Å². The molecule has 0 aliphatic carbocycles. The number of hydrogen-bond acceptors (Lipinski definition) is 5. The van der Waals surface area contributed by atoms with Crippen LogP contribution in [0.5, 0.6) is 0 Å². The second-order valence-corrected chi connectivity index (χ2v) is 6.37. The molecule has 5 nitrogen and oxygen atoms in total. The smallest absolute Gasteiger partial charge is 0.316 e. The van der Waals surface area contributed by atoms with E-state index in [0.29, 0.717) is 11.4 Å². The molecular weight excluding hydrogens is 348 g/mol. The highest BCUT2D eigenvalue weighted by atomic mass is 35.5. The number of anilines is 1. The number of ether oxygens (including phenoxy) is 1. The molecule has 2 rings (SSSR count). The minimum absolute atomic E-state index is 0.186. The van der Waals surface area contributed by atoms with Crippen molar-refractivity contribution in [3.05, 3.63) is 58.9 Å². The summed E-state index contributed by atoms with van der Waals surface area (Å²) in [5.41, 5.74) is 2.72. The van der Waals surface area contributed by atoms with E-state index in [9.17, 15) is 9.59 Å². The van der Waals surface area contributed by atoms with Crippen molar-refractivity contribution in [2.75, 3.05) is 17.7 Å². The molecule has 0 saturated carbocycles. The molecule has 0 aliphatic heterocycles. The van der Waals surface area contributed by atoms with Crippen molar-refractivity contribution in [1.82, 2.24) is 4.98 Å². The van der Waals surface area contributed by atoms with E-state index in [1.807, 2.05) is 31.2 Å². The molecule has 0 atom stereocenters. The van der Waals surface area contributed by atoms with Gasteiger partial charge in [0.2, 0.25) is 0 Å². The summed E-state index contributed by atoms with van der Waals surface area (Å²) in [5, 5.41) is 2.72. The summed E-state index contributed by atoms with van der Waals surface area (Å²) in [5.74, 6) is 0.0168. The van der Waals surface area contributed by atoms with Crippen LogP contribution in [-0.4, -0.2) is 29.2 Å². The lowest BCUT2D eigenvalue weighted by Gasteiger charge is -2.07. The quantitative estimate of drug-likeness (QED) is 0.602. The number of carbonyl (C=O) groups excluding carboxylic acids is 2. The average Bonchev–Trinajstić information content (AvgIpc) is 2.57. The minimum atomic E-state index is -0.457. The Hall–Kier alpha value is -2.05. The van der Waals surface area contributed by atoms with Crippen LogP contribution in [0.4, 0.5) is 5.69 Å². The van der Waals surface area contributed by atoms with Crippen molar-refractivity contribution in [2.24, 2.45) is 0 Å². The number of halogens is 1. The van der Waals surface area contributed by atoms with Crippen LogP contribution in [0.15, 0.2) is 42.6 Å². The van der Waals surface area contributed by atoms with Crippen LogP contribution in [0.3, 0.4) is 0 Å². The van der Waals surface area contributed by atoms with E-state index in [-0.39, 0.29) is 17.5 Å². The van der Waals surface area contributed by atoms with Gasteiger partial charge in [-0.2, -0.15) is 0 Å². The molecule has 7 heteroatoms. The van der Waals surface area contributed by atoms with Crippen LogP contribution in [0.2, 0.25) is 5.15 Å². The van der Waals surface area contributed by atoms with E-state index < -0.39 is 11.9 Å². The van der Waals surface area contributed by atoms with Gasteiger partial charge in [0, 0.05) is 11.9 Å². The van der Waals surface area contributed by atoms with E-state index in [1.54, 1.807) is 12.1 Å². The van der Waals surface area contributed by atoms with Gasteiger partial charge < -0.3 is 10.1 Å². The molecule has 2 aromatic rings. The topological polar surface area (TPSA) is 68.3 Å². The molecule has 0 unspecified atom stereocenters. The zero-order chi connectivity index (χ0) is 17.4. The number of nitrogens with zero attached hydrogens (tertiary/aromatic N) is 1. The Labute approximate surface area is 149 Å². The number of hydrogen-bond donors (Lipinski definition) is 1. The van der Waals surface area contributed by atoms with Gasteiger partial charge in [-0.3, -0.25) is 9.59 Å². The fourth-order valence-electron chi connectivity index (χ4n) is 1.79. The predicted octanol–water partition coefficient (Wildman–Crippen LogP) is 3.46. The summed E-state index contributed by atoms with van der Waals surface area (Å²) in [4.78, 5) is 27.2. The first-order valence-corrected chi connectivity index (χ1v) is 8.77. The molecule has 1 aromatic carbocycles. The molecule has 0 radical (unpaired) electrons. The monoisotopic (exact) mass is 364 g/mol. The van der Waals surface area contributed by atoms with Crippen molar-refractivity contribution < 1.29 is 14.3 Å². The molecule has 0 aliphatic rings. The van der Waals surface area contributed by atoms with Gasteiger partial charge in [-0.25, -0.2) is 4.98 Å². The molecule has 0 saturated heterocycles. The number of aryl methyl sites for hydroxylation is 1. The largest absolute Gasteiger partial charge is 0.455 e. The van der Waals surface area contributed by atoms with Gasteiger partial charge >= 0.3 is 5.97 Å². The fourth-order valence-corrected chi connectivity index (χ4v) is 2.74. The maximum Gasteiger partial charge on any atom is 0.316 e. The Morgan fingerprint density at radius 3 is 2.71 bits per heavy atom. The highest BCUT2D eigenvalue weighted by molar-refractivity contribution is 7.99. The van der Waals surface area contributed by atoms with Crippen molar-refractivity contribution in [2.45, 2.75) is 12.7 Å². The van der Waals surface area contributed by atoms with Gasteiger partial charge in [-0.1, -0.05) is 41.4 Å². The number of aromatic nitrogens is 1. The van der Waals surface area contributed by atoms with Gasteiger partial charge in [-0.15, -0.1) is 11.8 Å². The van der Waals surface area contributed by atoms with Gasteiger partial charge in [-0.05, 0) is 24.6 Å². The van der Waals surface area contributed by atoms with Gasteiger partial charge in [0.15, 0.2) is 11.8 Å². The van der Waals surface area contributed by atoms with Crippen LogP contribution in [0, 0.1) is 6.92 Å². The second-order valence-electron chi connectivity index (χ2n) is 5.03. The van der Waals surface area contributed by atoms with Crippen molar-refractivity contribution in [1.29, 1.82) is 0 Å². The molecule has 0 bridgehead atoms. The van der Waals surface area contributed by atoms with Crippen LogP contribution >= 0.6 is 23.4 Å². The number of benzene rings is 1. The Morgan fingerprint density at radius 2 is 2.00 bits per heavy atom. The van der Waals surface area contributed by atoms with Gasteiger partial charge in [0.05, 0.1) is 11.4 Å². The van der Waals surface area contributed by atoms with Crippen LogP contribution in [0.25, 0.3) is 0 Å². The first kappa shape index (κ1) is 18.3. The highest BCUT2D eigenvalue weighted by Gasteiger charge is 2.10. The Balaban J connectivity index is 1.66. The average molecular weight is 365 g/mol. The van der Waals surface area contributed by atoms with Crippen LogP contribution in [0.1, 0.15) is 11.1 Å². The Morgan fingerprint density at radius 1 is 1.25 bits per heavy atom. The van der Waals surface area contributed by atoms with E-state index in [0.717, 1.165) is 5.56 Å². The lowest BCUT2D eigenvalue weighted by molar-refractivity contribution is -0.144. The SMILES string of the molecule is Cc1ccc(CSCC(=O)OCC(=O)Nc2cccnc2Cl)cc1. The minimum Gasteiger partial charge on any atom is -0.455 e. The van der Waals surface area contributed by atoms with Crippen molar-refractivity contribution in [3.63, 3.8) is 0 Å². The Kier molecular flexibility index (Phi) is 7.08. The lowest BCUT2D eigenvalue weighted by Crippen LogP contribution is -2.21. The summed E-state index contributed by atoms with van der Waals surface area (Å²) in [6.07, 6.45) is 1.52.